The summed E-state index contributed by atoms with van der Waals surface area (Å²) >= 11 is 0. The number of benzene rings is 1. The first-order valence-electron chi connectivity index (χ1n) is 8.24. The third kappa shape index (κ3) is 6.61. The largest absolute Gasteiger partial charge is 0.444 e. The van der Waals surface area contributed by atoms with Crippen LogP contribution in [0.15, 0.2) is 18.2 Å². The van der Waals surface area contributed by atoms with Gasteiger partial charge in [0.2, 0.25) is 0 Å². The molecule has 1 rings (SSSR count). The van der Waals surface area contributed by atoms with Crippen LogP contribution in [0.4, 0.5) is 4.79 Å². The molecule has 0 aliphatic heterocycles. The summed E-state index contributed by atoms with van der Waals surface area (Å²) in [4.78, 5) is 11.9. The number of hydrogen-bond acceptors (Lipinski definition) is 3. The molecule has 1 atom stereocenters. The molecule has 1 aromatic rings. The second kappa shape index (κ2) is 7.82. The molecule has 0 aliphatic rings. The number of aliphatic hydroxyl groups is 1. The Bertz CT molecular complexity index is 508. The van der Waals surface area contributed by atoms with Gasteiger partial charge in [-0.25, -0.2) is 4.79 Å². The predicted molar refractivity (Wildman–Crippen MR) is 93.7 cm³/mol. The maximum Gasteiger partial charge on any atom is 0.407 e. The van der Waals surface area contributed by atoms with Gasteiger partial charge < -0.3 is 15.2 Å². The molecule has 0 fully saturated rings. The quantitative estimate of drug-likeness (QED) is 0.839. The highest BCUT2D eigenvalue weighted by Crippen LogP contribution is 2.27. The van der Waals surface area contributed by atoms with E-state index in [9.17, 15) is 9.90 Å². The minimum atomic E-state index is -0.522. The molecule has 0 heterocycles. The summed E-state index contributed by atoms with van der Waals surface area (Å²) < 4.78 is 5.28. The second-order valence-electron chi connectivity index (χ2n) is 7.54. The second-order valence-corrected chi connectivity index (χ2v) is 7.54. The SMILES string of the molecule is CCC(CO)(CNC(=O)OC(C)(C)C)Cc1cc(C)cc(C)c1. The van der Waals surface area contributed by atoms with Crippen LogP contribution in [0.25, 0.3) is 0 Å². The molecule has 4 heteroatoms. The molecule has 2 N–H and O–H groups in total. The van der Waals surface area contributed by atoms with E-state index in [1.54, 1.807) is 0 Å². The monoisotopic (exact) mass is 321 g/mol. The van der Waals surface area contributed by atoms with E-state index in [1.165, 1.54) is 16.7 Å². The van der Waals surface area contributed by atoms with Gasteiger partial charge in [-0.05, 0) is 53.0 Å². The van der Waals surface area contributed by atoms with Crippen molar-refractivity contribution in [3.05, 3.63) is 34.9 Å². The van der Waals surface area contributed by atoms with E-state index < -0.39 is 11.7 Å². The normalized spacial score (nSPS) is 14.2. The molecular formula is C19H31NO3. The van der Waals surface area contributed by atoms with Crippen molar-refractivity contribution in [3.63, 3.8) is 0 Å². The first-order chi connectivity index (χ1) is 10.6. The molecule has 4 nitrogen and oxygen atoms in total. The number of carbonyl (C=O) groups is 1. The highest BCUT2D eigenvalue weighted by atomic mass is 16.6. The standard InChI is InChI=1S/C19H31NO3/c1-7-19(13-21,12-20-17(22)23-18(4,5)6)11-16-9-14(2)8-15(3)10-16/h8-10,21H,7,11-13H2,1-6H3,(H,20,22). The van der Waals surface area contributed by atoms with E-state index in [4.69, 9.17) is 4.74 Å². The summed E-state index contributed by atoms with van der Waals surface area (Å²) in [5.74, 6) is 0. The summed E-state index contributed by atoms with van der Waals surface area (Å²) in [6, 6.07) is 6.41. The molecule has 1 amide bonds. The fourth-order valence-corrected chi connectivity index (χ4v) is 2.71. The Hall–Kier alpha value is -1.55. The van der Waals surface area contributed by atoms with Crippen molar-refractivity contribution in [1.29, 1.82) is 0 Å². The smallest absolute Gasteiger partial charge is 0.407 e. The molecule has 0 saturated carbocycles. The molecule has 1 aromatic carbocycles. The van der Waals surface area contributed by atoms with Crippen LogP contribution in [-0.2, 0) is 11.2 Å². The van der Waals surface area contributed by atoms with Crippen LogP contribution < -0.4 is 5.32 Å². The van der Waals surface area contributed by atoms with Crippen LogP contribution in [0.3, 0.4) is 0 Å². The van der Waals surface area contributed by atoms with Crippen molar-refractivity contribution in [1.82, 2.24) is 5.32 Å². The summed E-state index contributed by atoms with van der Waals surface area (Å²) in [7, 11) is 0. The highest BCUT2D eigenvalue weighted by Gasteiger charge is 2.29. The molecule has 0 aliphatic carbocycles. The zero-order valence-electron chi connectivity index (χ0n) is 15.3. The van der Waals surface area contributed by atoms with Crippen molar-refractivity contribution < 1.29 is 14.6 Å². The molecule has 130 valence electrons. The minimum Gasteiger partial charge on any atom is -0.444 e. The fourth-order valence-electron chi connectivity index (χ4n) is 2.71. The zero-order valence-corrected chi connectivity index (χ0v) is 15.3. The van der Waals surface area contributed by atoms with Gasteiger partial charge in [0.15, 0.2) is 0 Å². The molecule has 0 saturated heterocycles. The van der Waals surface area contributed by atoms with Crippen molar-refractivity contribution >= 4 is 6.09 Å². The third-order valence-corrected chi connectivity index (χ3v) is 3.95. The van der Waals surface area contributed by atoms with Gasteiger partial charge >= 0.3 is 6.09 Å². The number of aliphatic hydroxyl groups excluding tert-OH is 1. The van der Waals surface area contributed by atoms with Crippen molar-refractivity contribution in [2.24, 2.45) is 5.41 Å². The Kier molecular flexibility index (Phi) is 6.63. The van der Waals surface area contributed by atoms with Gasteiger partial charge in [-0.15, -0.1) is 0 Å². The Morgan fingerprint density at radius 1 is 1.17 bits per heavy atom. The number of amides is 1. The van der Waals surface area contributed by atoms with Crippen molar-refractivity contribution in [3.8, 4) is 0 Å². The molecule has 0 bridgehead atoms. The van der Waals surface area contributed by atoms with E-state index in [1.807, 2.05) is 27.7 Å². The maximum absolute atomic E-state index is 11.9. The van der Waals surface area contributed by atoms with Gasteiger partial charge in [-0.1, -0.05) is 36.2 Å². The van der Waals surface area contributed by atoms with Crippen LogP contribution >= 0.6 is 0 Å². The lowest BCUT2D eigenvalue weighted by atomic mass is 9.79. The van der Waals surface area contributed by atoms with Crippen molar-refractivity contribution in [2.45, 2.75) is 60.0 Å². The highest BCUT2D eigenvalue weighted by molar-refractivity contribution is 5.67. The Morgan fingerprint density at radius 3 is 2.17 bits per heavy atom. The van der Waals surface area contributed by atoms with E-state index in [-0.39, 0.29) is 12.0 Å². The number of alkyl carbamates (subject to hydrolysis) is 1. The number of ether oxygens (including phenoxy) is 1. The lowest BCUT2D eigenvalue weighted by Gasteiger charge is -2.32. The number of aryl methyl sites for hydroxylation is 2. The van der Waals surface area contributed by atoms with Gasteiger partial charge in [-0.2, -0.15) is 0 Å². The fraction of sp³-hybridized carbons (Fsp3) is 0.632. The molecule has 23 heavy (non-hydrogen) atoms. The number of nitrogens with one attached hydrogen (secondary N) is 1. The lowest BCUT2D eigenvalue weighted by Crippen LogP contribution is -2.43. The molecule has 0 aromatic heterocycles. The van der Waals surface area contributed by atoms with Crippen LogP contribution in [0.1, 0.15) is 50.8 Å². The molecule has 0 spiro atoms. The van der Waals surface area contributed by atoms with Crippen molar-refractivity contribution in [2.75, 3.05) is 13.2 Å². The van der Waals surface area contributed by atoms with Gasteiger partial charge in [0.05, 0.1) is 6.61 Å². The summed E-state index contributed by atoms with van der Waals surface area (Å²) in [6.07, 6.45) is 1.05. The van der Waals surface area contributed by atoms with Gasteiger partial charge in [0, 0.05) is 12.0 Å². The van der Waals surface area contributed by atoms with E-state index in [0.717, 1.165) is 12.8 Å². The van der Waals surface area contributed by atoms with Gasteiger partial charge in [0.25, 0.3) is 0 Å². The van der Waals surface area contributed by atoms with Crippen LogP contribution in [0, 0.1) is 19.3 Å². The Labute approximate surface area is 140 Å². The molecule has 1 unspecified atom stereocenters. The lowest BCUT2D eigenvalue weighted by molar-refractivity contribution is 0.0461. The molecular weight excluding hydrogens is 290 g/mol. The van der Waals surface area contributed by atoms with Crippen LogP contribution in [0.5, 0.6) is 0 Å². The summed E-state index contributed by atoms with van der Waals surface area (Å²) in [6.45, 7) is 12.1. The topological polar surface area (TPSA) is 58.6 Å². The first kappa shape index (κ1) is 19.5. The minimum absolute atomic E-state index is 0.0201. The average molecular weight is 321 g/mol. The first-order valence-corrected chi connectivity index (χ1v) is 8.24. The van der Waals surface area contributed by atoms with E-state index in [2.05, 4.69) is 37.4 Å². The average Bonchev–Trinajstić information content (AvgIpc) is 2.40. The predicted octanol–water partition coefficient (Wildman–Crippen LogP) is 3.76. The Morgan fingerprint density at radius 2 is 1.74 bits per heavy atom. The third-order valence-electron chi connectivity index (χ3n) is 3.95. The summed E-state index contributed by atoms with van der Waals surface area (Å²) in [5.41, 5.74) is 2.71. The zero-order chi connectivity index (χ0) is 17.7. The van der Waals surface area contributed by atoms with Gasteiger partial charge in [0.1, 0.15) is 5.60 Å². The summed E-state index contributed by atoms with van der Waals surface area (Å²) in [5, 5.41) is 12.7. The molecule has 0 radical (unpaired) electrons. The van der Waals surface area contributed by atoms with Crippen LogP contribution in [-0.4, -0.2) is 30.0 Å². The number of rotatable bonds is 6. The maximum atomic E-state index is 11.9. The van der Waals surface area contributed by atoms with E-state index >= 15 is 0 Å². The Balaban J connectivity index is 2.80. The number of hydrogen-bond donors (Lipinski definition) is 2. The van der Waals surface area contributed by atoms with E-state index in [0.29, 0.717) is 6.54 Å². The van der Waals surface area contributed by atoms with Gasteiger partial charge in [-0.3, -0.25) is 0 Å². The van der Waals surface area contributed by atoms with Crippen LogP contribution in [0.2, 0.25) is 0 Å². The number of carbonyl (C=O) groups excluding carboxylic acids is 1.